The van der Waals surface area contributed by atoms with E-state index >= 15 is 0 Å². The van der Waals surface area contributed by atoms with Crippen LogP contribution in [0.25, 0.3) is 0 Å². The highest BCUT2D eigenvalue weighted by atomic mass is 19.3. The number of carboxylic acid groups (broad SMARTS) is 1. The first-order chi connectivity index (χ1) is 9.91. The van der Waals surface area contributed by atoms with Crippen molar-refractivity contribution in [3.8, 4) is 0 Å². The molecule has 0 saturated carbocycles. The summed E-state index contributed by atoms with van der Waals surface area (Å²) in [5.41, 5.74) is 0.749. The van der Waals surface area contributed by atoms with Gasteiger partial charge in [0.25, 0.3) is 0 Å². The number of carbonyl (C=O) groups excluding carboxylic acids is 1. The number of alkyl halides is 2. The first-order valence-electron chi connectivity index (χ1n) is 6.36. The molecule has 0 aliphatic rings. The molecule has 21 heavy (non-hydrogen) atoms. The quantitative estimate of drug-likeness (QED) is 0.841. The molecule has 7 heteroatoms. The molecule has 0 aliphatic heterocycles. The van der Waals surface area contributed by atoms with Gasteiger partial charge in [0.05, 0.1) is 0 Å². The number of carbonyl (C=O) groups is 2. The van der Waals surface area contributed by atoms with Gasteiger partial charge in [0, 0.05) is 13.5 Å². The monoisotopic (exact) mass is 301 g/mol. The van der Waals surface area contributed by atoms with Crippen LogP contribution in [0.1, 0.15) is 18.4 Å². The standard InChI is InChI=1S/C14H17F2NO4/c1-17(11(13(18)19)7-8-12(15)16)14(20)21-9-10-5-3-2-4-6-10/h2-6,11-12H,7-9H2,1H3,(H,18,19)/t11-/m0/s1. The number of halogens is 2. The number of likely N-dealkylation sites (N-methyl/N-ethyl adjacent to an activating group) is 1. The molecule has 0 aliphatic carbocycles. The molecule has 0 saturated heterocycles. The molecule has 1 amide bonds. The number of hydrogen-bond donors (Lipinski definition) is 1. The predicted molar refractivity (Wildman–Crippen MR) is 71.1 cm³/mol. The largest absolute Gasteiger partial charge is 0.480 e. The smallest absolute Gasteiger partial charge is 0.410 e. The second-order valence-corrected chi connectivity index (χ2v) is 4.47. The van der Waals surface area contributed by atoms with Crippen molar-refractivity contribution in [1.82, 2.24) is 4.90 Å². The maximum atomic E-state index is 12.2. The van der Waals surface area contributed by atoms with Crippen molar-refractivity contribution in [1.29, 1.82) is 0 Å². The van der Waals surface area contributed by atoms with Crippen LogP contribution in [-0.2, 0) is 16.1 Å². The first-order valence-corrected chi connectivity index (χ1v) is 6.36. The number of aliphatic carboxylic acids is 1. The van der Waals surface area contributed by atoms with E-state index in [4.69, 9.17) is 9.84 Å². The third-order valence-corrected chi connectivity index (χ3v) is 2.90. The Bertz CT molecular complexity index is 467. The molecule has 0 bridgehead atoms. The Morgan fingerprint density at radius 3 is 2.38 bits per heavy atom. The van der Waals surface area contributed by atoms with Gasteiger partial charge < -0.3 is 9.84 Å². The van der Waals surface area contributed by atoms with E-state index in [-0.39, 0.29) is 13.0 Å². The van der Waals surface area contributed by atoms with Gasteiger partial charge in [-0.1, -0.05) is 30.3 Å². The summed E-state index contributed by atoms with van der Waals surface area (Å²) in [4.78, 5) is 23.6. The van der Waals surface area contributed by atoms with Crippen LogP contribution in [-0.4, -0.2) is 41.6 Å². The molecule has 1 aromatic rings. The number of amides is 1. The van der Waals surface area contributed by atoms with Crippen LogP contribution >= 0.6 is 0 Å². The highest BCUT2D eigenvalue weighted by Gasteiger charge is 2.28. The van der Waals surface area contributed by atoms with Crippen molar-refractivity contribution in [2.75, 3.05) is 7.05 Å². The number of carboxylic acids is 1. The molecule has 1 N–H and O–H groups in total. The lowest BCUT2D eigenvalue weighted by molar-refractivity contribution is -0.142. The van der Waals surface area contributed by atoms with E-state index in [9.17, 15) is 18.4 Å². The normalized spacial score (nSPS) is 12.0. The molecule has 1 rings (SSSR count). The van der Waals surface area contributed by atoms with Crippen LogP contribution in [0.5, 0.6) is 0 Å². The summed E-state index contributed by atoms with van der Waals surface area (Å²) in [6.07, 6.45) is -4.39. The van der Waals surface area contributed by atoms with Crippen molar-refractivity contribution in [2.24, 2.45) is 0 Å². The van der Waals surface area contributed by atoms with Crippen LogP contribution in [0, 0.1) is 0 Å². The summed E-state index contributed by atoms with van der Waals surface area (Å²) in [6.45, 7) is -0.00873. The SMILES string of the molecule is CN(C(=O)OCc1ccccc1)[C@@H](CCC(F)F)C(=O)O. The van der Waals surface area contributed by atoms with Crippen LogP contribution in [0.4, 0.5) is 13.6 Å². The molecule has 0 fully saturated rings. The number of nitrogens with zero attached hydrogens (tertiary/aromatic N) is 1. The van der Waals surface area contributed by atoms with Crippen molar-refractivity contribution in [3.05, 3.63) is 35.9 Å². The predicted octanol–water partition coefficient (Wildman–Crippen LogP) is 2.75. The molecule has 1 atom stereocenters. The summed E-state index contributed by atoms with van der Waals surface area (Å²) in [6, 6.07) is 7.52. The van der Waals surface area contributed by atoms with E-state index in [1.54, 1.807) is 24.3 Å². The fourth-order valence-corrected chi connectivity index (χ4v) is 1.72. The molecule has 0 unspecified atom stereocenters. The minimum Gasteiger partial charge on any atom is -0.480 e. The summed E-state index contributed by atoms with van der Waals surface area (Å²) >= 11 is 0. The lowest BCUT2D eigenvalue weighted by atomic mass is 10.1. The third-order valence-electron chi connectivity index (χ3n) is 2.90. The van der Waals surface area contributed by atoms with E-state index in [0.29, 0.717) is 0 Å². The van der Waals surface area contributed by atoms with Gasteiger partial charge in [0.15, 0.2) is 0 Å². The Balaban J connectivity index is 2.55. The molecule has 116 valence electrons. The lowest BCUT2D eigenvalue weighted by Gasteiger charge is -2.24. The minimum atomic E-state index is -2.61. The Labute approximate surface area is 121 Å². The fraction of sp³-hybridized carbons (Fsp3) is 0.429. The van der Waals surface area contributed by atoms with Crippen LogP contribution in [0.2, 0.25) is 0 Å². The zero-order valence-electron chi connectivity index (χ0n) is 11.5. The Hall–Kier alpha value is -2.18. The summed E-state index contributed by atoms with van der Waals surface area (Å²) in [7, 11) is 1.22. The second-order valence-electron chi connectivity index (χ2n) is 4.47. The second kappa shape index (κ2) is 8.18. The maximum absolute atomic E-state index is 12.2. The maximum Gasteiger partial charge on any atom is 0.410 e. The first kappa shape index (κ1) is 16.9. The minimum absolute atomic E-state index is 0.00873. The molecule has 1 aromatic carbocycles. The van der Waals surface area contributed by atoms with E-state index in [2.05, 4.69) is 0 Å². The van der Waals surface area contributed by atoms with Gasteiger partial charge in [0.2, 0.25) is 6.43 Å². The lowest BCUT2D eigenvalue weighted by Crippen LogP contribution is -2.42. The average molecular weight is 301 g/mol. The molecule has 0 spiro atoms. The summed E-state index contributed by atoms with van der Waals surface area (Å²) < 4.78 is 29.3. The van der Waals surface area contributed by atoms with Crippen LogP contribution < -0.4 is 0 Å². The van der Waals surface area contributed by atoms with Crippen molar-refractivity contribution in [2.45, 2.75) is 31.9 Å². The summed E-state index contributed by atoms with van der Waals surface area (Å²) in [5, 5.41) is 9.00. The van der Waals surface area contributed by atoms with Crippen molar-refractivity contribution in [3.63, 3.8) is 0 Å². The zero-order chi connectivity index (χ0) is 15.8. The van der Waals surface area contributed by atoms with Gasteiger partial charge in [-0.15, -0.1) is 0 Å². The zero-order valence-corrected chi connectivity index (χ0v) is 11.5. The van der Waals surface area contributed by atoms with Crippen LogP contribution in [0.15, 0.2) is 30.3 Å². The molecule has 5 nitrogen and oxygen atoms in total. The van der Waals surface area contributed by atoms with Crippen LogP contribution in [0.3, 0.4) is 0 Å². The molecule has 0 radical (unpaired) electrons. The Morgan fingerprint density at radius 1 is 1.24 bits per heavy atom. The van der Waals surface area contributed by atoms with Crippen molar-refractivity contribution < 1.29 is 28.2 Å². The number of benzene rings is 1. The number of rotatable bonds is 7. The van der Waals surface area contributed by atoms with E-state index in [0.717, 1.165) is 10.5 Å². The molecular formula is C14H17F2NO4. The molecule has 0 aromatic heterocycles. The van der Waals surface area contributed by atoms with Gasteiger partial charge in [-0.25, -0.2) is 18.4 Å². The van der Waals surface area contributed by atoms with E-state index in [1.165, 1.54) is 7.05 Å². The van der Waals surface area contributed by atoms with Gasteiger partial charge >= 0.3 is 12.1 Å². The van der Waals surface area contributed by atoms with Gasteiger partial charge in [-0.3, -0.25) is 4.90 Å². The van der Waals surface area contributed by atoms with Gasteiger partial charge in [-0.05, 0) is 12.0 Å². The molecular weight excluding hydrogens is 284 g/mol. The fourth-order valence-electron chi connectivity index (χ4n) is 1.72. The van der Waals surface area contributed by atoms with Crippen molar-refractivity contribution >= 4 is 12.1 Å². The number of hydrogen-bond acceptors (Lipinski definition) is 3. The molecule has 0 heterocycles. The average Bonchev–Trinajstić information content (AvgIpc) is 2.45. The Kier molecular flexibility index (Phi) is 6.58. The van der Waals surface area contributed by atoms with E-state index in [1.807, 2.05) is 6.07 Å². The number of ether oxygens (including phenoxy) is 1. The van der Waals surface area contributed by atoms with Gasteiger partial charge in [0.1, 0.15) is 12.6 Å². The Morgan fingerprint density at radius 2 is 1.86 bits per heavy atom. The third kappa shape index (κ3) is 5.76. The highest BCUT2D eigenvalue weighted by Crippen LogP contribution is 2.13. The topological polar surface area (TPSA) is 66.8 Å². The van der Waals surface area contributed by atoms with E-state index < -0.39 is 31.0 Å². The van der Waals surface area contributed by atoms with Gasteiger partial charge in [-0.2, -0.15) is 0 Å². The highest BCUT2D eigenvalue weighted by molar-refractivity contribution is 5.79. The summed E-state index contributed by atoms with van der Waals surface area (Å²) in [5.74, 6) is -1.34.